The van der Waals surface area contributed by atoms with Gasteiger partial charge in [0.2, 0.25) is 0 Å². The molecular formula is C12H10BrCl. The van der Waals surface area contributed by atoms with E-state index in [0.717, 1.165) is 27.9 Å². The van der Waals surface area contributed by atoms with Crippen LogP contribution in [0.25, 0.3) is 5.57 Å². The molecule has 0 spiro atoms. The van der Waals surface area contributed by atoms with E-state index >= 15 is 0 Å². The highest BCUT2D eigenvalue weighted by Crippen LogP contribution is 2.31. The molecule has 0 atom stereocenters. The lowest BCUT2D eigenvalue weighted by Gasteiger charge is -2.11. The molecule has 0 radical (unpaired) electrons. The molecule has 2 rings (SSSR count). The first-order valence-corrected chi connectivity index (χ1v) is 5.76. The zero-order valence-corrected chi connectivity index (χ0v) is 9.98. The first-order valence-electron chi connectivity index (χ1n) is 4.59. The Labute approximate surface area is 97.4 Å². The van der Waals surface area contributed by atoms with Crippen LogP contribution in [0.1, 0.15) is 18.4 Å². The molecule has 14 heavy (non-hydrogen) atoms. The van der Waals surface area contributed by atoms with Crippen molar-refractivity contribution >= 4 is 33.1 Å². The second-order valence-corrected chi connectivity index (χ2v) is 4.58. The maximum absolute atomic E-state index is 6.14. The summed E-state index contributed by atoms with van der Waals surface area (Å²) in [4.78, 5) is 0. The Morgan fingerprint density at radius 3 is 2.29 bits per heavy atom. The molecule has 1 aliphatic carbocycles. The zero-order chi connectivity index (χ0) is 9.97. The summed E-state index contributed by atoms with van der Waals surface area (Å²) in [7, 11) is 0. The van der Waals surface area contributed by atoms with Crippen molar-refractivity contribution in [1.82, 2.24) is 0 Å². The van der Waals surface area contributed by atoms with E-state index in [2.05, 4.69) is 40.2 Å². The number of rotatable bonds is 1. The van der Waals surface area contributed by atoms with Crippen molar-refractivity contribution in [3.8, 4) is 0 Å². The molecule has 72 valence electrons. The highest BCUT2D eigenvalue weighted by molar-refractivity contribution is 9.10. The minimum absolute atomic E-state index is 0.874. The molecular weight excluding hydrogens is 259 g/mol. The van der Waals surface area contributed by atoms with Gasteiger partial charge in [-0.1, -0.05) is 51.8 Å². The smallest absolute Gasteiger partial charge is 0.0441 e. The Balaban J connectivity index is 2.35. The second kappa shape index (κ2) is 4.33. The Hall–Kier alpha value is -0.530. The lowest BCUT2D eigenvalue weighted by molar-refractivity contribution is 1.04. The van der Waals surface area contributed by atoms with Gasteiger partial charge in [-0.3, -0.25) is 0 Å². The van der Waals surface area contributed by atoms with Gasteiger partial charge in [0.25, 0.3) is 0 Å². The first kappa shape index (κ1) is 10.0. The van der Waals surface area contributed by atoms with Crippen molar-refractivity contribution in [2.24, 2.45) is 0 Å². The van der Waals surface area contributed by atoms with Crippen LogP contribution in [-0.2, 0) is 0 Å². The molecule has 0 heterocycles. The highest BCUT2D eigenvalue weighted by Gasteiger charge is 2.08. The van der Waals surface area contributed by atoms with Gasteiger partial charge in [-0.05, 0) is 36.1 Å². The van der Waals surface area contributed by atoms with Gasteiger partial charge < -0.3 is 0 Å². The molecule has 1 aromatic carbocycles. The lowest BCUT2D eigenvalue weighted by Crippen LogP contribution is -1.89. The van der Waals surface area contributed by atoms with Gasteiger partial charge in [0.05, 0.1) is 0 Å². The van der Waals surface area contributed by atoms with E-state index in [0.29, 0.717) is 0 Å². The van der Waals surface area contributed by atoms with Gasteiger partial charge in [0.1, 0.15) is 0 Å². The molecule has 0 aromatic heterocycles. The van der Waals surface area contributed by atoms with Crippen molar-refractivity contribution in [2.45, 2.75) is 12.8 Å². The molecule has 0 saturated carbocycles. The van der Waals surface area contributed by atoms with Crippen LogP contribution >= 0.6 is 27.5 Å². The van der Waals surface area contributed by atoms with E-state index in [4.69, 9.17) is 11.6 Å². The minimum Gasteiger partial charge on any atom is -0.0840 e. The molecule has 0 fully saturated rings. The molecule has 0 saturated heterocycles. The quantitative estimate of drug-likeness (QED) is 0.690. The van der Waals surface area contributed by atoms with E-state index in [9.17, 15) is 0 Å². The van der Waals surface area contributed by atoms with Crippen LogP contribution in [0.3, 0.4) is 0 Å². The fraction of sp³-hybridized carbons (Fsp3) is 0.167. The first-order chi connectivity index (χ1) is 6.77. The fourth-order valence-electron chi connectivity index (χ4n) is 1.53. The van der Waals surface area contributed by atoms with E-state index in [1.807, 2.05) is 12.1 Å². The van der Waals surface area contributed by atoms with Crippen molar-refractivity contribution in [3.63, 3.8) is 0 Å². The summed E-state index contributed by atoms with van der Waals surface area (Å²) < 4.78 is 1.10. The second-order valence-electron chi connectivity index (χ2n) is 3.25. The van der Waals surface area contributed by atoms with Gasteiger partial charge in [0, 0.05) is 9.51 Å². The van der Waals surface area contributed by atoms with E-state index in [1.54, 1.807) is 0 Å². The monoisotopic (exact) mass is 268 g/mol. The summed E-state index contributed by atoms with van der Waals surface area (Å²) in [6, 6.07) is 8.23. The molecule has 0 bridgehead atoms. The van der Waals surface area contributed by atoms with Crippen molar-refractivity contribution in [3.05, 3.63) is 51.5 Å². The van der Waals surface area contributed by atoms with Crippen LogP contribution in [0.4, 0.5) is 0 Å². The normalized spacial score (nSPS) is 16.1. The fourth-order valence-corrected chi connectivity index (χ4v) is 2.09. The topological polar surface area (TPSA) is 0 Å². The summed E-state index contributed by atoms with van der Waals surface area (Å²) in [5.74, 6) is 0. The van der Waals surface area contributed by atoms with Gasteiger partial charge >= 0.3 is 0 Å². The third kappa shape index (κ3) is 2.10. The molecule has 0 amide bonds. The third-order valence-corrected chi connectivity index (χ3v) is 3.14. The predicted molar refractivity (Wildman–Crippen MR) is 65.3 cm³/mol. The molecule has 0 nitrogen and oxygen atoms in total. The molecule has 1 aromatic rings. The van der Waals surface area contributed by atoms with Gasteiger partial charge in [-0.15, -0.1) is 0 Å². The Morgan fingerprint density at radius 1 is 1.00 bits per heavy atom. The van der Waals surface area contributed by atoms with Crippen LogP contribution in [0, 0.1) is 0 Å². The van der Waals surface area contributed by atoms with Crippen LogP contribution in [0.15, 0.2) is 45.9 Å². The Morgan fingerprint density at radius 2 is 1.64 bits per heavy atom. The molecule has 0 unspecified atom stereocenters. The third-order valence-electron chi connectivity index (χ3n) is 2.25. The van der Waals surface area contributed by atoms with Gasteiger partial charge in [0.15, 0.2) is 0 Å². The predicted octanol–water partition coefficient (Wildman–Crippen LogP) is 4.75. The van der Waals surface area contributed by atoms with E-state index in [-0.39, 0.29) is 0 Å². The molecule has 0 N–H and O–H groups in total. The largest absolute Gasteiger partial charge is 0.0840 e. The number of halogens is 2. The molecule has 1 aliphatic rings. The number of benzene rings is 1. The highest BCUT2D eigenvalue weighted by atomic mass is 79.9. The summed E-state index contributed by atoms with van der Waals surface area (Å²) in [5, 5.41) is 0.874. The van der Waals surface area contributed by atoms with Gasteiger partial charge in [-0.25, -0.2) is 0 Å². The summed E-state index contributed by atoms with van der Waals surface area (Å²) in [6.45, 7) is 0. The van der Waals surface area contributed by atoms with E-state index in [1.165, 1.54) is 5.56 Å². The van der Waals surface area contributed by atoms with Crippen molar-refractivity contribution in [2.75, 3.05) is 0 Å². The summed E-state index contributed by atoms with van der Waals surface area (Å²) in [6.07, 6.45) is 6.42. The van der Waals surface area contributed by atoms with Crippen LogP contribution in [0.5, 0.6) is 0 Å². The Kier molecular flexibility index (Phi) is 3.09. The van der Waals surface area contributed by atoms with Crippen molar-refractivity contribution < 1.29 is 0 Å². The average molecular weight is 270 g/mol. The average Bonchev–Trinajstić information content (AvgIpc) is 2.20. The Bertz CT molecular complexity index is 387. The standard InChI is InChI=1S/C12H10BrCl/c13-10-7-5-9(6-8-10)11-3-1-2-4-12(11)14/h3-8H,1-2H2. The SMILES string of the molecule is ClC1=CCCC=C1c1ccc(Br)cc1. The molecule has 0 aliphatic heterocycles. The van der Waals surface area contributed by atoms with Gasteiger partial charge in [-0.2, -0.15) is 0 Å². The van der Waals surface area contributed by atoms with Crippen LogP contribution in [0.2, 0.25) is 0 Å². The summed E-state index contributed by atoms with van der Waals surface area (Å²) in [5.41, 5.74) is 2.35. The summed E-state index contributed by atoms with van der Waals surface area (Å²) >= 11 is 9.56. The minimum atomic E-state index is 0.874. The molecule has 2 heteroatoms. The number of hydrogen-bond donors (Lipinski definition) is 0. The number of allylic oxidation sites excluding steroid dienone is 4. The lowest BCUT2D eigenvalue weighted by atomic mass is 9.99. The van der Waals surface area contributed by atoms with E-state index < -0.39 is 0 Å². The van der Waals surface area contributed by atoms with Crippen LogP contribution < -0.4 is 0 Å². The maximum atomic E-state index is 6.14. The van der Waals surface area contributed by atoms with Crippen LogP contribution in [-0.4, -0.2) is 0 Å². The number of hydrogen-bond acceptors (Lipinski definition) is 0. The zero-order valence-electron chi connectivity index (χ0n) is 7.63. The maximum Gasteiger partial charge on any atom is 0.0441 e. The van der Waals surface area contributed by atoms with Crippen molar-refractivity contribution in [1.29, 1.82) is 0 Å².